The van der Waals surface area contributed by atoms with Gasteiger partial charge in [0.1, 0.15) is 0 Å². The summed E-state index contributed by atoms with van der Waals surface area (Å²) in [5.41, 5.74) is 9.01. The monoisotopic (exact) mass is 248 g/mol. The zero-order chi connectivity index (χ0) is 13.6. The minimum Gasteiger partial charge on any atom is -0.397 e. The second-order valence-electron chi connectivity index (χ2n) is 6.54. The van der Waals surface area contributed by atoms with Crippen molar-refractivity contribution in [3.63, 3.8) is 0 Å². The zero-order valence-corrected chi connectivity index (χ0v) is 12.1. The second-order valence-corrected chi connectivity index (χ2v) is 6.54. The molecule has 1 aromatic rings. The molecule has 1 saturated heterocycles. The third kappa shape index (κ3) is 2.78. The van der Waals surface area contributed by atoms with Crippen LogP contribution >= 0.6 is 0 Å². The van der Waals surface area contributed by atoms with Gasteiger partial charge in [0.2, 0.25) is 0 Å². The van der Waals surface area contributed by atoms with Crippen molar-refractivity contribution in [3.8, 4) is 0 Å². The molecule has 2 N–H and O–H groups in total. The van der Waals surface area contributed by atoms with E-state index in [2.05, 4.69) is 51.7 Å². The molecule has 0 spiro atoms. The van der Waals surface area contributed by atoms with Crippen LogP contribution in [0.4, 0.5) is 11.4 Å². The molecule has 0 atom stereocenters. The van der Waals surface area contributed by atoms with E-state index in [0.717, 1.165) is 24.5 Å². The summed E-state index contributed by atoms with van der Waals surface area (Å²) < 4.78 is 6.10. The maximum absolute atomic E-state index is 6.11. The summed E-state index contributed by atoms with van der Waals surface area (Å²) >= 11 is 0. The normalized spacial score (nSPS) is 21.9. The number of nitrogens with zero attached hydrogens (tertiary/aromatic N) is 1. The predicted octanol–water partition coefficient (Wildman–Crippen LogP) is 2.97. The highest BCUT2D eigenvalue weighted by Crippen LogP contribution is 2.34. The maximum atomic E-state index is 6.11. The number of benzene rings is 1. The molecular formula is C15H24N2O. The number of rotatable bonds is 1. The minimum atomic E-state index is -0.155. The van der Waals surface area contributed by atoms with Crippen molar-refractivity contribution in [2.75, 3.05) is 23.7 Å². The number of nitrogen functional groups attached to an aromatic ring is 1. The van der Waals surface area contributed by atoms with Crippen LogP contribution in [0.15, 0.2) is 18.2 Å². The Morgan fingerprint density at radius 2 is 1.67 bits per heavy atom. The number of nitrogens with two attached hydrogens (primary N) is 1. The SMILES string of the molecule is Cc1ccc(N)c(N2CC(C)(C)OC(C)(C)C2)c1. The molecule has 0 unspecified atom stereocenters. The molecular weight excluding hydrogens is 224 g/mol. The summed E-state index contributed by atoms with van der Waals surface area (Å²) in [5, 5.41) is 0. The molecule has 0 saturated carbocycles. The first kappa shape index (κ1) is 13.2. The summed E-state index contributed by atoms with van der Waals surface area (Å²) in [5.74, 6) is 0. The summed E-state index contributed by atoms with van der Waals surface area (Å²) in [6, 6.07) is 6.20. The molecule has 18 heavy (non-hydrogen) atoms. The van der Waals surface area contributed by atoms with Gasteiger partial charge in [-0.2, -0.15) is 0 Å². The van der Waals surface area contributed by atoms with Gasteiger partial charge in [-0.15, -0.1) is 0 Å². The average molecular weight is 248 g/mol. The molecule has 0 radical (unpaired) electrons. The Labute approximate surface area is 110 Å². The first-order valence-electron chi connectivity index (χ1n) is 6.50. The smallest absolute Gasteiger partial charge is 0.0808 e. The molecule has 1 aliphatic heterocycles. The number of hydrogen-bond acceptors (Lipinski definition) is 3. The number of ether oxygens (including phenoxy) is 1. The Kier molecular flexibility index (Phi) is 3.06. The van der Waals surface area contributed by atoms with E-state index in [1.807, 2.05) is 6.07 Å². The highest BCUT2D eigenvalue weighted by atomic mass is 16.5. The Morgan fingerprint density at radius 3 is 2.22 bits per heavy atom. The fourth-order valence-electron chi connectivity index (χ4n) is 2.89. The van der Waals surface area contributed by atoms with Crippen LogP contribution in [0.3, 0.4) is 0 Å². The van der Waals surface area contributed by atoms with Gasteiger partial charge in [0, 0.05) is 13.1 Å². The predicted molar refractivity (Wildman–Crippen MR) is 77.0 cm³/mol. The molecule has 3 heteroatoms. The standard InChI is InChI=1S/C15H24N2O/c1-11-6-7-12(16)13(8-11)17-9-14(2,3)18-15(4,5)10-17/h6-8H,9-10,16H2,1-5H3. The van der Waals surface area contributed by atoms with E-state index in [1.54, 1.807) is 0 Å². The van der Waals surface area contributed by atoms with Gasteiger partial charge in [-0.3, -0.25) is 0 Å². The first-order chi connectivity index (χ1) is 8.19. The van der Waals surface area contributed by atoms with E-state index in [0.29, 0.717) is 0 Å². The first-order valence-corrected chi connectivity index (χ1v) is 6.50. The Balaban J connectivity index is 2.35. The van der Waals surface area contributed by atoms with Crippen molar-refractivity contribution in [2.24, 2.45) is 0 Å². The maximum Gasteiger partial charge on any atom is 0.0808 e. The highest BCUT2D eigenvalue weighted by molar-refractivity contribution is 5.69. The molecule has 3 nitrogen and oxygen atoms in total. The van der Waals surface area contributed by atoms with Crippen LogP contribution in [0, 0.1) is 6.92 Å². The molecule has 0 aromatic heterocycles. The quantitative estimate of drug-likeness (QED) is 0.777. The third-order valence-corrected chi connectivity index (χ3v) is 3.22. The largest absolute Gasteiger partial charge is 0.397 e. The van der Waals surface area contributed by atoms with Crippen molar-refractivity contribution < 1.29 is 4.74 Å². The molecule has 1 heterocycles. The zero-order valence-electron chi connectivity index (χ0n) is 12.1. The lowest BCUT2D eigenvalue weighted by atomic mass is 9.98. The van der Waals surface area contributed by atoms with Crippen LogP contribution in [0.1, 0.15) is 33.3 Å². The summed E-state index contributed by atoms with van der Waals surface area (Å²) in [7, 11) is 0. The van der Waals surface area contributed by atoms with Gasteiger partial charge in [0.25, 0.3) is 0 Å². The Hall–Kier alpha value is -1.22. The molecule has 1 fully saturated rings. The van der Waals surface area contributed by atoms with Crippen molar-refractivity contribution in [1.29, 1.82) is 0 Å². The van der Waals surface area contributed by atoms with Crippen LogP contribution in [0.5, 0.6) is 0 Å². The minimum absolute atomic E-state index is 0.155. The molecule has 0 aliphatic carbocycles. The third-order valence-electron chi connectivity index (χ3n) is 3.22. The molecule has 2 rings (SSSR count). The number of morpholine rings is 1. The van der Waals surface area contributed by atoms with E-state index in [1.165, 1.54) is 5.56 Å². The van der Waals surface area contributed by atoms with Gasteiger partial charge < -0.3 is 15.4 Å². The molecule has 0 bridgehead atoms. The molecule has 0 amide bonds. The highest BCUT2D eigenvalue weighted by Gasteiger charge is 2.38. The molecule has 100 valence electrons. The van der Waals surface area contributed by atoms with E-state index >= 15 is 0 Å². The van der Waals surface area contributed by atoms with E-state index < -0.39 is 0 Å². The van der Waals surface area contributed by atoms with Gasteiger partial charge >= 0.3 is 0 Å². The van der Waals surface area contributed by atoms with Crippen molar-refractivity contribution in [3.05, 3.63) is 23.8 Å². The number of anilines is 2. The fraction of sp³-hybridized carbons (Fsp3) is 0.600. The van der Waals surface area contributed by atoms with Gasteiger partial charge in [-0.05, 0) is 52.3 Å². The van der Waals surface area contributed by atoms with Crippen LogP contribution in [0.2, 0.25) is 0 Å². The van der Waals surface area contributed by atoms with Crippen LogP contribution in [-0.4, -0.2) is 24.3 Å². The molecule has 1 aromatic carbocycles. The topological polar surface area (TPSA) is 38.5 Å². The summed E-state index contributed by atoms with van der Waals surface area (Å²) in [6.07, 6.45) is 0. The van der Waals surface area contributed by atoms with Crippen molar-refractivity contribution >= 4 is 11.4 Å². The van der Waals surface area contributed by atoms with Gasteiger partial charge in [0.15, 0.2) is 0 Å². The average Bonchev–Trinajstić information content (AvgIpc) is 2.17. The van der Waals surface area contributed by atoms with Gasteiger partial charge in [0.05, 0.1) is 22.6 Å². The van der Waals surface area contributed by atoms with Crippen molar-refractivity contribution in [2.45, 2.75) is 45.8 Å². The Morgan fingerprint density at radius 1 is 1.11 bits per heavy atom. The number of aryl methyl sites for hydroxylation is 1. The van der Waals surface area contributed by atoms with Gasteiger partial charge in [-0.1, -0.05) is 6.07 Å². The summed E-state index contributed by atoms with van der Waals surface area (Å²) in [6.45, 7) is 12.4. The lowest BCUT2D eigenvalue weighted by molar-refractivity contribution is -0.133. The van der Waals surface area contributed by atoms with Gasteiger partial charge in [-0.25, -0.2) is 0 Å². The lowest BCUT2D eigenvalue weighted by Crippen LogP contribution is -2.57. The second kappa shape index (κ2) is 4.16. The molecule has 1 aliphatic rings. The van der Waals surface area contributed by atoms with E-state index in [-0.39, 0.29) is 11.2 Å². The van der Waals surface area contributed by atoms with Crippen molar-refractivity contribution in [1.82, 2.24) is 0 Å². The van der Waals surface area contributed by atoms with E-state index in [4.69, 9.17) is 10.5 Å². The van der Waals surface area contributed by atoms with Crippen LogP contribution in [0.25, 0.3) is 0 Å². The van der Waals surface area contributed by atoms with Crippen LogP contribution < -0.4 is 10.6 Å². The van der Waals surface area contributed by atoms with Crippen LogP contribution in [-0.2, 0) is 4.74 Å². The number of hydrogen-bond donors (Lipinski definition) is 1. The Bertz CT molecular complexity index is 436. The lowest BCUT2D eigenvalue weighted by Gasteiger charge is -2.48. The summed E-state index contributed by atoms with van der Waals surface area (Å²) in [4.78, 5) is 2.34. The van der Waals surface area contributed by atoms with E-state index in [9.17, 15) is 0 Å². The fourth-order valence-corrected chi connectivity index (χ4v) is 2.89.